The molecule has 0 fully saturated rings. The zero-order valence-electron chi connectivity index (χ0n) is 11.7. The van der Waals surface area contributed by atoms with Crippen molar-refractivity contribution in [1.82, 2.24) is 0 Å². The summed E-state index contributed by atoms with van der Waals surface area (Å²) in [5, 5.41) is 9.84. The van der Waals surface area contributed by atoms with Crippen LogP contribution in [0.15, 0.2) is 72.8 Å². The lowest BCUT2D eigenvalue weighted by atomic mass is 10.1. The fraction of sp³-hybridized carbons (Fsp3) is 0.167. The Morgan fingerprint density at radius 2 is 1.57 bits per heavy atom. The first-order chi connectivity index (χ1) is 10.2. The number of esters is 1. The molecule has 0 bridgehead atoms. The van der Waals surface area contributed by atoms with Crippen LogP contribution in [-0.4, -0.2) is 17.2 Å². The van der Waals surface area contributed by atoms with E-state index in [2.05, 4.69) is 0 Å². The zero-order chi connectivity index (χ0) is 14.9. The summed E-state index contributed by atoms with van der Waals surface area (Å²) in [6, 6.07) is 19.1. The first-order valence-electron chi connectivity index (χ1n) is 6.85. The highest BCUT2D eigenvalue weighted by atomic mass is 16.5. The maximum Gasteiger partial charge on any atom is 0.330 e. The van der Waals surface area contributed by atoms with E-state index in [4.69, 9.17) is 4.74 Å². The van der Waals surface area contributed by atoms with Crippen LogP contribution in [0.4, 0.5) is 0 Å². The van der Waals surface area contributed by atoms with Crippen LogP contribution >= 0.6 is 0 Å². The van der Waals surface area contributed by atoms with Crippen molar-refractivity contribution in [2.75, 3.05) is 0 Å². The Morgan fingerprint density at radius 1 is 1.00 bits per heavy atom. The van der Waals surface area contributed by atoms with Gasteiger partial charge in [0.2, 0.25) is 0 Å². The Kier molecular flexibility index (Phi) is 5.73. The monoisotopic (exact) mass is 282 g/mol. The Bertz CT molecular complexity index is 576. The first-order valence-corrected chi connectivity index (χ1v) is 6.85. The highest BCUT2D eigenvalue weighted by Crippen LogP contribution is 2.05. The maximum atomic E-state index is 11.6. The van der Waals surface area contributed by atoms with Gasteiger partial charge in [-0.05, 0) is 17.2 Å². The van der Waals surface area contributed by atoms with E-state index in [0.717, 1.165) is 11.1 Å². The van der Waals surface area contributed by atoms with E-state index in [1.54, 1.807) is 0 Å². The van der Waals surface area contributed by atoms with Crippen LogP contribution in [0.5, 0.6) is 0 Å². The summed E-state index contributed by atoms with van der Waals surface area (Å²) in [6.45, 7) is 0.235. The predicted molar refractivity (Wildman–Crippen MR) is 81.5 cm³/mol. The molecule has 0 heterocycles. The molecule has 21 heavy (non-hydrogen) atoms. The molecule has 0 spiro atoms. The van der Waals surface area contributed by atoms with Crippen molar-refractivity contribution in [2.24, 2.45) is 0 Å². The molecule has 0 aliphatic rings. The van der Waals surface area contributed by atoms with E-state index in [1.165, 1.54) is 12.2 Å². The fourth-order valence-electron chi connectivity index (χ4n) is 1.89. The fourth-order valence-corrected chi connectivity index (χ4v) is 1.89. The minimum absolute atomic E-state index is 0.235. The Hall–Kier alpha value is -2.39. The Morgan fingerprint density at radius 3 is 2.19 bits per heavy atom. The molecule has 0 radical (unpaired) electrons. The molecule has 0 saturated carbocycles. The van der Waals surface area contributed by atoms with Crippen LogP contribution in [-0.2, 0) is 22.6 Å². The smallest absolute Gasteiger partial charge is 0.330 e. The van der Waals surface area contributed by atoms with Crippen molar-refractivity contribution in [3.8, 4) is 0 Å². The molecular formula is C18H18O3. The van der Waals surface area contributed by atoms with Crippen molar-refractivity contribution >= 4 is 5.97 Å². The average Bonchev–Trinajstić information content (AvgIpc) is 2.53. The molecule has 2 aromatic carbocycles. The topological polar surface area (TPSA) is 46.5 Å². The third-order valence-electron chi connectivity index (χ3n) is 2.97. The zero-order valence-corrected chi connectivity index (χ0v) is 11.7. The van der Waals surface area contributed by atoms with Crippen LogP contribution in [0.25, 0.3) is 0 Å². The lowest BCUT2D eigenvalue weighted by Gasteiger charge is -2.05. The number of carbonyl (C=O) groups is 1. The second-order valence-electron chi connectivity index (χ2n) is 4.71. The second-order valence-corrected chi connectivity index (χ2v) is 4.71. The van der Waals surface area contributed by atoms with Crippen molar-refractivity contribution < 1.29 is 14.6 Å². The van der Waals surface area contributed by atoms with Crippen LogP contribution in [0, 0.1) is 0 Å². The van der Waals surface area contributed by atoms with Crippen molar-refractivity contribution in [1.29, 1.82) is 0 Å². The van der Waals surface area contributed by atoms with Gasteiger partial charge in [-0.3, -0.25) is 0 Å². The van der Waals surface area contributed by atoms with Crippen molar-refractivity contribution in [3.63, 3.8) is 0 Å². The number of ether oxygens (including phenoxy) is 1. The van der Waals surface area contributed by atoms with Crippen molar-refractivity contribution in [3.05, 3.63) is 83.9 Å². The third kappa shape index (κ3) is 5.63. The minimum Gasteiger partial charge on any atom is -0.458 e. The molecule has 2 rings (SSSR count). The number of hydrogen-bond donors (Lipinski definition) is 1. The number of aliphatic hydroxyl groups is 1. The summed E-state index contributed by atoms with van der Waals surface area (Å²) in [7, 11) is 0. The van der Waals surface area contributed by atoms with Crippen LogP contribution in [0.2, 0.25) is 0 Å². The van der Waals surface area contributed by atoms with Gasteiger partial charge in [0.05, 0.1) is 6.10 Å². The molecule has 1 N–H and O–H groups in total. The Labute approximate surface area is 124 Å². The van der Waals surface area contributed by atoms with E-state index < -0.39 is 12.1 Å². The molecule has 3 nitrogen and oxygen atoms in total. The van der Waals surface area contributed by atoms with Gasteiger partial charge in [-0.2, -0.15) is 0 Å². The largest absolute Gasteiger partial charge is 0.458 e. The van der Waals surface area contributed by atoms with Gasteiger partial charge >= 0.3 is 5.97 Å². The van der Waals surface area contributed by atoms with Gasteiger partial charge in [0.1, 0.15) is 6.61 Å². The van der Waals surface area contributed by atoms with Gasteiger partial charge in [0.15, 0.2) is 0 Å². The van der Waals surface area contributed by atoms with Gasteiger partial charge in [-0.25, -0.2) is 4.79 Å². The summed E-state index contributed by atoms with van der Waals surface area (Å²) in [4.78, 5) is 11.6. The summed E-state index contributed by atoms with van der Waals surface area (Å²) < 4.78 is 5.09. The van der Waals surface area contributed by atoms with E-state index in [-0.39, 0.29) is 6.61 Å². The molecule has 0 aliphatic heterocycles. The predicted octanol–water partition coefficient (Wildman–Crippen LogP) is 2.89. The molecular weight excluding hydrogens is 264 g/mol. The number of hydrogen-bond acceptors (Lipinski definition) is 3. The summed E-state index contributed by atoms with van der Waals surface area (Å²) >= 11 is 0. The number of carbonyl (C=O) groups excluding carboxylic acids is 1. The minimum atomic E-state index is -0.698. The number of benzene rings is 2. The van der Waals surface area contributed by atoms with E-state index in [9.17, 15) is 9.90 Å². The lowest BCUT2D eigenvalue weighted by Crippen LogP contribution is -2.08. The van der Waals surface area contributed by atoms with Gasteiger partial charge in [-0.1, -0.05) is 60.7 Å². The van der Waals surface area contributed by atoms with E-state index >= 15 is 0 Å². The van der Waals surface area contributed by atoms with E-state index in [0.29, 0.717) is 6.42 Å². The highest BCUT2D eigenvalue weighted by molar-refractivity contribution is 5.81. The molecule has 3 heteroatoms. The molecule has 108 valence electrons. The number of rotatable bonds is 6. The van der Waals surface area contributed by atoms with Gasteiger partial charge in [0, 0.05) is 12.5 Å². The third-order valence-corrected chi connectivity index (χ3v) is 2.97. The van der Waals surface area contributed by atoms with Gasteiger partial charge < -0.3 is 9.84 Å². The van der Waals surface area contributed by atoms with E-state index in [1.807, 2.05) is 60.7 Å². The molecule has 0 aliphatic carbocycles. The Balaban J connectivity index is 1.76. The molecule has 2 aromatic rings. The standard InChI is InChI=1S/C18H18O3/c19-17(13-15-7-3-1-4-8-15)11-12-18(20)21-14-16-9-5-2-6-10-16/h1-12,17,19H,13-14H2/b12-11+. The summed E-state index contributed by atoms with van der Waals surface area (Å²) in [5.41, 5.74) is 1.95. The van der Waals surface area contributed by atoms with Crippen LogP contribution in [0.1, 0.15) is 11.1 Å². The molecule has 1 atom stereocenters. The lowest BCUT2D eigenvalue weighted by molar-refractivity contribution is -0.139. The molecule has 0 saturated heterocycles. The van der Waals surface area contributed by atoms with Crippen molar-refractivity contribution in [2.45, 2.75) is 19.1 Å². The summed E-state index contributed by atoms with van der Waals surface area (Å²) in [6.07, 6.45) is 2.51. The quantitative estimate of drug-likeness (QED) is 0.654. The summed E-state index contributed by atoms with van der Waals surface area (Å²) in [5.74, 6) is -0.453. The molecule has 0 aromatic heterocycles. The second kappa shape index (κ2) is 8.02. The van der Waals surface area contributed by atoms with Crippen LogP contribution in [0.3, 0.4) is 0 Å². The SMILES string of the molecule is O=C(/C=C/C(O)Cc1ccccc1)OCc1ccccc1. The average molecular weight is 282 g/mol. The first kappa shape index (κ1) is 15.0. The van der Waals surface area contributed by atoms with Gasteiger partial charge in [-0.15, -0.1) is 0 Å². The maximum absolute atomic E-state index is 11.6. The van der Waals surface area contributed by atoms with Crippen LogP contribution < -0.4 is 0 Å². The molecule has 1 unspecified atom stereocenters. The molecule has 0 amide bonds. The van der Waals surface area contributed by atoms with Gasteiger partial charge in [0.25, 0.3) is 0 Å². The normalized spacial score (nSPS) is 12.2. The highest BCUT2D eigenvalue weighted by Gasteiger charge is 2.03. The number of aliphatic hydroxyl groups excluding tert-OH is 1.